The van der Waals surface area contributed by atoms with Crippen molar-refractivity contribution in [3.63, 3.8) is 0 Å². The van der Waals surface area contributed by atoms with Crippen LogP contribution in [0.15, 0.2) is 17.4 Å². The van der Waals surface area contributed by atoms with Gasteiger partial charge in [-0.2, -0.15) is 0 Å². The van der Waals surface area contributed by atoms with Crippen LogP contribution in [0, 0.1) is 6.92 Å². The summed E-state index contributed by atoms with van der Waals surface area (Å²) in [6.45, 7) is 3.81. The van der Waals surface area contributed by atoms with Crippen LogP contribution in [0.2, 0.25) is 0 Å². The number of pyridine rings is 1. The van der Waals surface area contributed by atoms with E-state index in [0.717, 1.165) is 36.5 Å². The Labute approximate surface area is 119 Å². The molecule has 0 saturated carbocycles. The van der Waals surface area contributed by atoms with E-state index in [2.05, 4.69) is 34.0 Å². The Morgan fingerprint density at radius 1 is 1.55 bits per heavy atom. The highest BCUT2D eigenvalue weighted by molar-refractivity contribution is 6.02. The molecule has 0 spiro atoms. The third-order valence-corrected chi connectivity index (χ3v) is 3.93. The molecule has 3 N–H and O–H groups in total. The highest BCUT2D eigenvalue weighted by atomic mass is 16.4. The molecule has 0 bridgehead atoms. The summed E-state index contributed by atoms with van der Waals surface area (Å²) in [5.74, 6) is 0.935. The Balaban J connectivity index is 2.35. The molecule has 110 valence electrons. The zero-order valence-electron chi connectivity index (χ0n) is 12.4. The van der Waals surface area contributed by atoms with Gasteiger partial charge in [-0.3, -0.25) is 0 Å². The Kier molecular flexibility index (Phi) is 4.44. The zero-order valence-corrected chi connectivity index (χ0v) is 12.4. The minimum atomic E-state index is 0.123. The van der Waals surface area contributed by atoms with E-state index in [-0.39, 0.29) is 5.84 Å². The summed E-state index contributed by atoms with van der Waals surface area (Å²) < 4.78 is 0. The van der Waals surface area contributed by atoms with Crippen LogP contribution >= 0.6 is 0 Å². The summed E-state index contributed by atoms with van der Waals surface area (Å²) in [6.07, 6.45) is 4.08. The molecule has 2 rings (SSSR count). The van der Waals surface area contributed by atoms with E-state index in [0.29, 0.717) is 6.04 Å². The number of hydrogen-bond donors (Lipinski definition) is 2. The molecule has 20 heavy (non-hydrogen) atoms. The van der Waals surface area contributed by atoms with Gasteiger partial charge in [0.05, 0.1) is 5.56 Å². The van der Waals surface area contributed by atoms with Crippen molar-refractivity contribution in [1.29, 1.82) is 0 Å². The smallest absolute Gasteiger partial charge is 0.174 e. The van der Waals surface area contributed by atoms with Gasteiger partial charge in [0.2, 0.25) is 0 Å². The molecule has 6 nitrogen and oxygen atoms in total. The lowest BCUT2D eigenvalue weighted by molar-refractivity contribution is 0.257. The van der Waals surface area contributed by atoms with Crippen molar-refractivity contribution in [2.24, 2.45) is 10.9 Å². The lowest BCUT2D eigenvalue weighted by atomic mass is 10.0. The third kappa shape index (κ3) is 2.85. The average Bonchev–Trinajstić information content (AvgIpc) is 2.46. The van der Waals surface area contributed by atoms with E-state index in [1.807, 2.05) is 13.0 Å². The van der Waals surface area contributed by atoms with Crippen molar-refractivity contribution < 1.29 is 5.21 Å². The van der Waals surface area contributed by atoms with Gasteiger partial charge in [0.1, 0.15) is 5.82 Å². The summed E-state index contributed by atoms with van der Waals surface area (Å²) in [7, 11) is 4.20. The Hall–Kier alpha value is -1.82. The van der Waals surface area contributed by atoms with Crippen LogP contribution in [-0.4, -0.2) is 54.2 Å². The SMILES string of the molecule is Cc1ccnc(N2CCCC(N(C)C)C2)c1/C(N)=N/O. The number of aromatic nitrogens is 1. The van der Waals surface area contributed by atoms with E-state index in [1.54, 1.807) is 6.20 Å². The fraction of sp³-hybridized carbons (Fsp3) is 0.571. The van der Waals surface area contributed by atoms with Crippen LogP contribution < -0.4 is 10.6 Å². The van der Waals surface area contributed by atoms with Crippen LogP contribution in [0.25, 0.3) is 0 Å². The van der Waals surface area contributed by atoms with Gasteiger partial charge in [-0.25, -0.2) is 4.98 Å². The van der Waals surface area contributed by atoms with Gasteiger partial charge < -0.3 is 20.7 Å². The number of anilines is 1. The quantitative estimate of drug-likeness (QED) is 0.373. The molecule has 1 aliphatic heterocycles. The largest absolute Gasteiger partial charge is 0.409 e. The van der Waals surface area contributed by atoms with Crippen molar-refractivity contribution in [3.8, 4) is 0 Å². The fourth-order valence-electron chi connectivity index (χ4n) is 2.72. The highest BCUT2D eigenvalue weighted by Crippen LogP contribution is 2.25. The van der Waals surface area contributed by atoms with Crippen molar-refractivity contribution in [1.82, 2.24) is 9.88 Å². The number of nitrogens with zero attached hydrogens (tertiary/aromatic N) is 4. The van der Waals surface area contributed by atoms with Crippen LogP contribution in [-0.2, 0) is 0 Å². The summed E-state index contributed by atoms with van der Waals surface area (Å²) in [4.78, 5) is 8.93. The second kappa shape index (κ2) is 6.09. The molecule has 1 aromatic rings. The Morgan fingerprint density at radius 3 is 2.95 bits per heavy atom. The second-order valence-corrected chi connectivity index (χ2v) is 5.52. The summed E-state index contributed by atoms with van der Waals surface area (Å²) in [5, 5.41) is 12.1. The monoisotopic (exact) mass is 277 g/mol. The van der Waals surface area contributed by atoms with Gasteiger partial charge in [-0.05, 0) is 45.5 Å². The number of aryl methyl sites for hydroxylation is 1. The number of likely N-dealkylation sites (N-methyl/N-ethyl adjacent to an activating group) is 1. The van der Waals surface area contributed by atoms with Gasteiger partial charge in [0.25, 0.3) is 0 Å². The van der Waals surface area contributed by atoms with E-state index in [4.69, 9.17) is 10.9 Å². The van der Waals surface area contributed by atoms with Crippen LogP contribution in [0.3, 0.4) is 0 Å². The van der Waals surface area contributed by atoms with Gasteiger partial charge in [0.15, 0.2) is 5.84 Å². The first kappa shape index (κ1) is 14.6. The van der Waals surface area contributed by atoms with Crippen LogP contribution in [0.5, 0.6) is 0 Å². The lowest BCUT2D eigenvalue weighted by Gasteiger charge is -2.37. The summed E-state index contributed by atoms with van der Waals surface area (Å²) >= 11 is 0. The zero-order chi connectivity index (χ0) is 14.7. The van der Waals surface area contributed by atoms with Crippen molar-refractivity contribution in [3.05, 3.63) is 23.4 Å². The molecule has 1 aliphatic rings. The van der Waals surface area contributed by atoms with Crippen LogP contribution in [0.4, 0.5) is 5.82 Å². The molecule has 0 aliphatic carbocycles. The molecule has 6 heteroatoms. The van der Waals surface area contributed by atoms with Gasteiger partial charge in [-0.15, -0.1) is 0 Å². The molecule has 1 saturated heterocycles. The number of piperidine rings is 1. The number of nitrogens with two attached hydrogens (primary N) is 1. The molecule has 1 aromatic heterocycles. The van der Waals surface area contributed by atoms with Gasteiger partial charge in [0, 0.05) is 25.3 Å². The maximum atomic E-state index is 8.98. The molecule has 1 unspecified atom stereocenters. The molecule has 0 amide bonds. The standard InChI is InChI=1S/C14H23N5O/c1-10-6-7-16-14(12(10)13(15)17-20)19-8-4-5-11(9-19)18(2)3/h6-7,11,20H,4-5,8-9H2,1-3H3,(H2,15,17). The Bertz CT molecular complexity index is 500. The molecule has 1 fully saturated rings. The van der Waals surface area contributed by atoms with E-state index >= 15 is 0 Å². The molecular weight excluding hydrogens is 254 g/mol. The maximum Gasteiger partial charge on any atom is 0.174 e. The topological polar surface area (TPSA) is 78.0 Å². The average molecular weight is 277 g/mol. The minimum Gasteiger partial charge on any atom is -0.409 e. The maximum absolute atomic E-state index is 8.98. The lowest BCUT2D eigenvalue weighted by Crippen LogP contribution is -2.46. The number of rotatable bonds is 3. The Morgan fingerprint density at radius 2 is 2.30 bits per heavy atom. The predicted molar refractivity (Wildman–Crippen MR) is 80.4 cm³/mol. The molecule has 1 atom stereocenters. The number of hydrogen-bond acceptors (Lipinski definition) is 5. The van der Waals surface area contributed by atoms with E-state index in [9.17, 15) is 0 Å². The van der Waals surface area contributed by atoms with Crippen LogP contribution in [0.1, 0.15) is 24.0 Å². The number of amidine groups is 1. The van der Waals surface area contributed by atoms with Crippen molar-refractivity contribution >= 4 is 11.7 Å². The minimum absolute atomic E-state index is 0.123. The van der Waals surface area contributed by atoms with E-state index in [1.165, 1.54) is 6.42 Å². The van der Waals surface area contributed by atoms with Gasteiger partial charge in [-0.1, -0.05) is 5.16 Å². The first-order valence-electron chi connectivity index (χ1n) is 6.89. The third-order valence-electron chi connectivity index (χ3n) is 3.93. The normalized spacial score (nSPS) is 20.5. The predicted octanol–water partition coefficient (Wildman–Crippen LogP) is 1.01. The summed E-state index contributed by atoms with van der Waals surface area (Å²) in [5.41, 5.74) is 7.52. The molecular formula is C14H23N5O. The van der Waals surface area contributed by atoms with Crippen molar-refractivity contribution in [2.45, 2.75) is 25.8 Å². The highest BCUT2D eigenvalue weighted by Gasteiger charge is 2.25. The molecule has 0 radical (unpaired) electrons. The van der Waals surface area contributed by atoms with Crippen molar-refractivity contribution in [2.75, 3.05) is 32.1 Å². The van der Waals surface area contributed by atoms with Gasteiger partial charge >= 0.3 is 0 Å². The fourth-order valence-corrected chi connectivity index (χ4v) is 2.72. The molecule has 0 aromatic carbocycles. The first-order valence-corrected chi connectivity index (χ1v) is 6.89. The first-order chi connectivity index (χ1) is 9.54. The number of oxime groups is 1. The second-order valence-electron chi connectivity index (χ2n) is 5.52. The summed E-state index contributed by atoms with van der Waals surface area (Å²) in [6, 6.07) is 2.38. The van der Waals surface area contributed by atoms with E-state index < -0.39 is 0 Å². The molecule has 2 heterocycles.